The lowest BCUT2D eigenvalue weighted by Crippen LogP contribution is -2.15. The maximum atomic E-state index is 13.0. The molecule has 1 saturated carbocycles. The first-order chi connectivity index (χ1) is 11.5. The molecular formula is C18H22O5S. The molecule has 1 aliphatic carbocycles. The zero-order valence-electron chi connectivity index (χ0n) is 14.0. The summed E-state index contributed by atoms with van der Waals surface area (Å²) in [5, 5.41) is 0. The van der Waals surface area contributed by atoms with Gasteiger partial charge >= 0.3 is 5.97 Å². The Labute approximate surface area is 142 Å². The normalized spacial score (nSPS) is 20.4. The van der Waals surface area contributed by atoms with Gasteiger partial charge in [-0.05, 0) is 48.1 Å². The Hall–Kier alpha value is -1.82. The van der Waals surface area contributed by atoms with Gasteiger partial charge in [-0.2, -0.15) is 0 Å². The van der Waals surface area contributed by atoms with E-state index >= 15 is 0 Å². The Kier molecular flexibility index (Phi) is 4.67. The molecule has 0 N–H and O–H groups in total. The second-order valence-corrected chi connectivity index (χ2v) is 8.14. The molecule has 0 bridgehead atoms. The molecule has 1 heterocycles. The number of allylic oxidation sites excluding steroid dienone is 1. The van der Waals surface area contributed by atoms with Crippen molar-refractivity contribution in [2.75, 3.05) is 14.2 Å². The number of fused-ring (bicyclic) bond motifs is 1. The molecule has 5 nitrogen and oxygen atoms in total. The third kappa shape index (κ3) is 2.73. The van der Waals surface area contributed by atoms with Crippen molar-refractivity contribution in [3.8, 4) is 5.75 Å². The molecule has 24 heavy (non-hydrogen) atoms. The van der Waals surface area contributed by atoms with Crippen molar-refractivity contribution in [3.05, 3.63) is 28.7 Å². The van der Waals surface area contributed by atoms with Crippen LogP contribution in [-0.4, -0.2) is 28.6 Å². The molecule has 6 heteroatoms. The number of ether oxygens (including phenoxy) is 2. The average Bonchev–Trinajstić information content (AvgIpc) is 2.77. The molecule has 0 amide bonds. The summed E-state index contributed by atoms with van der Waals surface area (Å²) in [5.74, 6) is -0.237. The Morgan fingerprint density at radius 3 is 2.33 bits per heavy atom. The topological polar surface area (TPSA) is 69.7 Å². The molecule has 1 aromatic rings. The van der Waals surface area contributed by atoms with Gasteiger partial charge in [-0.1, -0.05) is 25.7 Å². The van der Waals surface area contributed by atoms with Crippen LogP contribution in [0.4, 0.5) is 0 Å². The summed E-state index contributed by atoms with van der Waals surface area (Å²) in [7, 11) is -1.16. The first-order valence-corrected chi connectivity index (χ1v) is 9.75. The highest BCUT2D eigenvalue weighted by Gasteiger charge is 2.43. The number of rotatable bonds is 3. The van der Waals surface area contributed by atoms with Crippen LogP contribution in [0.3, 0.4) is 0 Å². The lowest BCUT2D eigenvalue weighted by Gasteiger charge is -2.17. The number of esters is 1. The van der Waals surface area contributed by atoms with Gasteiger partial charge in [0.15, 0.2) is 4.91 Å². The Balaban J connectivity index is 2.21. The predicted octanol–water partition coefficient (Wildman–Crippen LogP) is 3.34. The van der Waals surface area contributed by atoms with E-state index in [0.29, 0.717) is 16.9 Å². The van der Waals surface area contributed by atoms with Gasteiger partial charge in [0, 0.05) is 0 Å². The van der Waals surface area contributed by atoms with Gasteiger partial charge in [-0.25, -0.2) is 13.2 Å². The minimum atomic E-state index is -3.88. The summed E-state index contributed by atoms with van der Waals surface area (Å²) in [5.41, 5.74) is 1.27. The molecule has 1 aromatic carbocycles. The highest BCUT2D eigenvalue weighted by atomic mass is 32.2. The van der Waals surface area contributed by atoms with E-state index in [2.05, 4.69) is 0 Å². The first kappa shape index (κ1) is 17.0. The predicted molar refractivity (Wildman–Crippen MR) is 90.3 cm³/mol. The maximum Gasteiger partial charge on any atom is 0.350 e. The standard InChI is InChI=1S/C18H22O5S/c1-22-13-9-10-14-15(11-13)24(20,21)17(18(19)23-2)16(14)12-7-5-3-4-6-8-12/h9-12H,3-8H2,1-2H3. The van der Waals surface area contributed by atoms with Crippen LogP contribution in [-0.2, 0) is 19.4 Å². The quantitative estimate of drug-likeness (QED) is 0.618. The fourth-order valence-corrected chi connectivity index (χ4v) is 5.56. The lowest BCUT2D eigenvalue weighted by molar-refractivity contribution is -0.135. The van der Waals surface area contributed by atoms with Crippen molar-refractivity contribution in [1.29, 1.82) is 0 Å². The molecule has 0 aromatic heterocycles. The monoisotopic (exact) mass is 350 g/mol. The molecule has 2 aliphatic rings. The van der Waals surface area contributed by atoms with Gasteiger partial charge in [0.1, 0.15) is 5.75 Å². The van der Waals surface area contributed by atoms with E-state index in [0.717, 1.165) is 38.5 Å². The van der Waals surface area contributed by atoms with Crippen LogP contribution >= 0.6 is 0 Å². The molecule has 0 atom stereocenters. The van der Waals surface area contributed by atoms with Crippen LogP contribution < -0.4 is 4.74 Å². The van der Waals surface area contributed by atoms with Crippen molar-refractivity contribution < 1.29 is 22.7 Å². The molecule has 0 radical (unpaired) electrons. The van der Waals surface area contributed by atoms with Gasteiger partial charge in [0.25, 0.3) is 0 Å². The zero-order valence-corrected chi connectivity index (χ0v) is 14.8. The minimum Gasteiger partial charge on any atom is -0.497 e. The SMILES string of the molecule is COC(=O)C1=C(C2CCCCCC2)c2ccc(OC)cc2S1(=O)=O. The van der Waals surface area contributed by atoms with Crippen molar-refractivity contribution >= 4 is 21.4 Å². The molecule has 1 fully saturated rings. The number of carbonyl (C=O) groups excluding carboxylic acids is 1. The van der Waals surface area contributed by atoms with Crippen LogP contribution in [0.25, 0.3) is 5.57 Å². The number of methoxy groups -OCH3 is 2. The second kappa shape index (κ2) is 6.59. The molecule has 0 unspecified atom stereocenters. The van der Waals surface area contributed by atoms with E-state index in [1.54, 1.807) is 12.1 Å². The highest BCUT2D eigenvalue weighted by Crippen LogP contribution is 2.47. The zero-order chi connectivity index (χ0) is 17.3. The fraction of sp³-hybridized carbons (Fsp3) is 0.500. The Bertz CT molecular complexity index is 784. The maximum absolute atomic E-state index is 13.0. The lowest BCUT2D eigenvalue weighted by atomic mass is 9.86. The van der Waals surface area contributed by atoms with Gasteiger partial charge in [-0.15, -0.1) is 0 Å². The summed E-state index contributed by atoms with van der Waals surface area (Å²) in [6.45, 7) is 0. The van der Waals surface area contributed by atoms with E-state index in [-0.39, 0.29) is 15.7 Å². The average molecular weight is 350 g/mol. The van der Waals surface area contributed by atoms with Crippen molar-refractivity contribution in [2.24, 2.45) is 5.92 Å². The Morgan fingerprint density at radius 2 is 1.75 bits per heavy atom. The summed E-state index contributed by atoms with van der Waals surface area (Å²) in [6.07, 6.45) is 6.20. The van der Waals surface area contributed by atoms with Gasteiger partial charge in [0.2, 0.25) is 9.84 Å². The third-order valence-corrected chi connectivity index (χ3v) is 6.76. The molecule has 3 rings (SSSR count). The summed E-state index contributed by atoms with van der Waals surface area (Å²) < 4.78 is 35.9. The van der Waals surface area contributed by atoms with Crippen LogP contribution in [0.2, 0.25) is 0 Å². The first-order valence-electron chi connectivity index (χ1n) is 8.26. The van der Waals surface area contributed by atoms with Crippen molar-refractivity contribution in [1.82, 2.24) is 0 Å². The van der Waals surface area contributed by atoms with Crippen molar-refractivity contribution in [2.45, 2.75) is 43.4 Å². The van der Waals surface area contributed by atoms with Crippen LogP contribution in [0, 0.1) is 5.92 Å². The summed E-state index contributed by atoms with van der Waals surface area (Å²) in [4.78, 5) is 12.3. The van der Waals surface area contributed by atoms with Crippen LogP contribution in [0.5, 0.6) is 5.75 Å². The summed E-state index contributed by atoms with van der Waals surface area (Å²) >= 11 is 0. The van der Waals surface area contributed by atoms with Crippen molar-refractivity contribution in [3.63, 3.8) is 0 Å². The largest absolute Gasteiger partial charge is 0.497 e. The fourth-order valence-electron chi connectivity index (χ4n) is 3.74. The molecule has 0 spiro atoms. The Morgan fingerprint density at radius 1 is 1.08 bits per heavy atom. The number of hydrogen-bond acceptors (Lipinski definition) is 5. The van der Waals surface area contributed by atoms with Gasteiger partial charge < -0.3 is 9.47 Å². The minimum absolute atomic E-state index is 0.0750. The van der Waals surface area contributed by atoms with E-state index in [1.165, 1.54) is 20.3 Å². The molecule has 0 saturated heterocycles. The van der Waals surface area contributed by atoms with E-state index in [9.17, 15) is 13.2 Å². The van der Waals surface area contributed by atoms with E-state index < -0.39 is 15.8 Å². The smallest absolute Gasteiger partial charge is 0.350 e. The van der Waals surface area contributed by atoms with Gasteiger partial charge in [0.05, 0.1) is 19.1 Å². The van der Waals surface area contributed by atoms with Gasteiger partial charge in [-0.3, -0.25) is 0 Å². The molecule has 130 valence electrons. The molecular weight excluding hydrogens is 328 g/mol. The molecule has 1 aliphatic heterocycles. The number of benzene rings is 1. The number of hydrogen-bond donors (Lipinski definition) is 0. The van der Waals surface area contributed by atoms with E-state index in [1.807, 2.05) is 0 Å². The number of carbonyl (C=O) groups is 1. The van der Waals surface area contributed by atoms with Crippen LogP contribution in [0.15, 0.2) is 28.0 Å². The van der Waals surface area contributed by atoms with Crippen LogP contribution in [0.1, 0.15) is 44.1 Å². The summed E-state index contributed by atoms with van der Waals surface area (Å²) in [6, 6.07) is 4.99. The second-order valence-electron chi connectivity index (χ2n) is 6.29. The highest BCUT2D eigenvalue weighted by molar-refractivity contribution is 7.96. The van der Waals surface area contributed by atoms with E-state index in [4.69, 9.17) is 9.47 Å². The third-order valence-electron chi connectivity index (χ3n) is 4.92. The number of sulfone groups is 1.